The molecule has 0 fully saturated rings. The van der Waals surface area contributed by atoms with Crippen molar-refractivity contribution in [3.05, 3.63) is 79.1 Å². The van der Waals surface area contributed by atoms with Crippen molar-refractivity contribution in [2.45, 2.75) is 11.3 Å². The number of fused-ring (bicyclic) bond motifs is 3. The molecule has 5 aromatic rings. The predicted molar refractivity (Wildman–Crippen MR) is 119 cm³/mol. The highest BCUT2D eigenvalue weighted by Gasteiger charge is 2.34. The highest BCUT2D eigenvalue weighted by Crippen LogP contribution is 2.31. The molecule has 1 N–H and O–H groups in total. The number of aromatic nitrogens is 4. The van der Waals surface area contributed by atoms with Crippen LogP contribution in [-0.4, -0.2) is 34.4 Å². The highest BCUT2D eigenvalue weighted by molar-refractivity contribution is 7.92. The fourth-order valence-electron chi connectivity index (χ4n) is 3.34. The van der Waals surface area contributed by atoms with Crippen LogP contribution in [0.25, 0.3) is 16.7 Å². The molecule has 2 aromatic heterocycles. The van der Waals surface area contributed by atoms with Gasteiger partial charge in [0.05, 0.1) is 11.0 Å². The van der Waals surface area contributed by atoms with Crippen molar-refractivity contribution < 1.29 is 31.1 Å². The average molecular weight is 501 g/mol. The van der Waals surface area contributed by atoms with E-state index in [-0.39, 0.29) is 11.6 Å². The van der Waals surface area contributed by atoms with Gasteiger partial charge in [0.1, 0.15) is 22.7 Å². The van der Waals surface area contributed by atoms with Crippen LogP contribution in [0.15, 0.2) is 84.0 Å². The van der Waals surface area contributed by atoms with E-state index in [2.05, 4.69) is 24.6 Å². The number of alkyl halides is 3. The summed E-state index contributed by atoms with van der Waals surface area (Å²) in [5, 5.41) is 7.94. The first kappa shape index (κ1) is 22.4. The van der Waals surface area contributed by atoms with Crippen LogP contribution in [0, 0.1) is 0 Å². The summed E-state index contributed by atoms with van der Waals surface area (Å²) in [6.07, 6.45) is -3.51. The summed E-state index contributed by atoms with van der Waals surface area (Å²) in [5.74, 6) is -0.332. The Labute approximate surface area is 195 Å². The third-order valence-electron chi connectivity index (χ3n) is 4.79. The molecule has 3 aromatic carbocycles. The highest BCUT2D eigenvalue weighted by atomic mass is 32.2. The fourth-order valence-corrected chi connectivity index (χ4v) is 4.53. The summed E-state index contributed by atoms with van der Waals surface area (Å²) in [4.78, 5) is 3.81. The van der Waals surface area contributed by atoms with Crippen molar-refractivity contribution in [1.29, 1.82) is 0 Å². The molecule has 0 bridgehead atoms. The Morgan fingerprint density at radius 3 is 2.40 bits per heavy atom. The Bertz CT molecular complexity index is 1640. The maximum atomic E-state index is 12.7. The maximum absolute atomic E-state index is 12.7. The molecule has 9 nitrogen and oxygen atoms in total. The molecule has 0 unspecified atom stereocenters. The molecule has 0 radical (unpaired) electrons. The molecule has 0 aliphatic rings. The number of nitrogens with zero attached hydrogens (tertiary/aromatic N) is 4. The monoisotopic (exact) mass is 501 g/mol. The first-order valence-corrected chi connectivity index (χ1v) is 11.4. The van der Waals surface area contributed by atoms with Crippen molar-refractivity contribution in [1.82, 2.24) is 19.6 Å². The first-order valence-electron chi connectivity index (χ1n) is 9.94. The second-order valence-corrected chi connectivity index (χ2v) is 8.81. The number of hydrogen-bond acceptors (Lipinski definition) is 7. The lowest BCUT2D eigenvalue weighted by Crippen LogP contribution is -2.20. The van der Waals surface area contributed by atoms with E-state index in [4.69, 9.17) is 4.74 Å². The molecule has 5 rings (SSSR count). The zero-order chi connectivity index (χ0) is 24.6. The molecule has 0 saturated heterocycles. The molecule has 0 saturated carbocycles. The van der Waals surface area contributed by atoms with Gasteiger partial charge in [0.2, 0.25) is 5.65 Å². The molecular formula is C22H14F3N5O4S. The van der Waals surface area contributed by atoms with E-state index in [0.717, 1.165) is 17.6 Å². The van der Waals surface area contributed by atoms with E-state index in [1.807, 2.05) is 18.2 Å². The number of nitrogens with one attached hydrogen (secondary N) is 1. The van der Waals surface area contributed by atoms with Crippen LogP contribution in [0.3, 0.4) is 0 Å². The van der Waals surface area contributed by atoms with E-state index < -0.39 is 27.0 Å². The standard InChI is InChI=1S/C22H14F3N5O4S/c23-22(24,25)34-18-7-3-4-8-19(18)35(31,32)29-14-9-11-15(12-10-14)33-21-20-28-26-13-30(20)17-6-2-1-5-16(17)27-21/h1-13,29H. The lowest BCUT2D eigenvalue weighted by Gasteiger charge is -2.14. The number of hydrogen-bond donors (Lipinski definition) is 1. The number of sulfonamides is 1. The number of rotatable bonds is 6. The molecule has 0 atom stereocenters. The Morgan fingerprint density at radius 2 is 1.63 bits per heavy atom. The molecule has 13 heteroatoms. The summed E-state index contributed by atoms with van der Waals surface area (Å²) < 4.78 is 77.0. The Balaban J connectivity index is 1.39. The molecule has 0 amide bonds. The molecule has 0 spiro atoms. The van der Waals surface area contributed by atoms with Crippen LogP contribution in [0.2, 0.25) is 0 Å². The molecule has 35 heavy (non-hydrogen) atoms. The van der Waals surface area contributed by atoms with E-state index in [1.54, 1.807) is 10.5 Å². The molecule has 0 aliphatic heterocycles. The van der Waals surface area contributed by atoms with Gasteiger partial charge in [0, 0.05) is 5.69 Å². The van der Waals surface area contributed by atoms with Crippen molar-refractivity contribution in [3.63, 3.8) is 0 Å². The van der Waals surface area contributed by atoms with Gasteiger partial charge in [0.15, 0.2) is 0 Å². The summed E-state index contributed by atoms with van der Waals surface area (Å²) in [6.45, 7) is 0. The average Bonchev–Trinajstić information content (AvgIpc) is 3.30. The Hall–Kier alpha value is -4.39. The normalized spacial score (nSPS) is 12.1. The van der Waals surface area contributed by atoms with Crippen LogP contribution in [-0.2, 0) is 10.0 Å². The number of halogens is 3. The van der Waals surface area contributed by atoms with Gasteiger partial charge >= 0.3 is 6.36 Å². The molecular weight excluding hydrogens is 487 g/mol. The SMILES string of the molecule is O=S(=O)(Nc1ccc(Oc2nc3ccccc3n3cnnc23)cc1)c1ccccc1OC(F)(F)F. The zero-order valence-corrected chi connectivity index (χ0v) is 18.3. The van der Waals surface area contributed by atoms with Gasteiger partial charge in [-0.25, -0.2) is 13.4 Å². The topological polar surface area (TPSA) is 108 Å². The van der Waals surface area contributed by atoms with Crippen molar-refractivity contribution in [2.75, 3.05) is 4.72 Å². The van der Waals surface area contributed by atoms with E-state index in [1.165, 1.54) is 42.7 Å². The minimum absolute atomic E-state index is 0.0956. The Morgan fingerprint density at radius 1 is 0.914 bits per heavy atom. The molecule has 2 heterocycles. The van der Waals surface area contributed by atoms with Crippen LogP contribution < -0.4 is 14.2 Å². The summed E-state index contributed by atoms with van der Waals surface area (Å²) in [6, 6.07) is 17.5. The van der Waals surface area contributed by atoms with Gasteiger partial charge in [-0.3, -0.25) is 9.12 Å². The van der Waals surface area contributed by atoms with Gasteiger partial charge in [-0.05, 0) is 48.5 Å². The van der Waals surface area contributed by atoms with E-state index >= 15 is 0 Å². The summed E-state index contributed by atoms with van der Waals surface area (Å²) in [5.41, 5.74) is 1.92. The number of ether oxygens (including phenoxy) is 2. The second-order valence-electron chi connectivity index (χ2n) is 7.16. The first-order chi connectivity index (χ1) is 16.7. The number of anilines is 1. The number of benzene rings is 3. The van der Waals surface area contributed by atoms with E-state index in [9.17, 15) is 21.6 Å². The lowest BCUT2D eigenvalue weighted by molar-refractivity contribution is -0.275. The van der Waals surface area contributed by atoms with Crippen LogP contribution in [0.5, 0.6) is 17.4 Å². The van der Waals surface area contributed by atoms with Gasteiger partial charge in [-0.1, -0.05) is 24.3 Å². The largest absolute Gasteiger partial charge is 0.573 e. The zero-order valence-electron chi connectivity index (χ0n) is 17.5. The van der Waals surface area contributed by atoms with Gasteiger partial charge < -0.3 is 9.47 Å². The van der Waals surface area contributed by atoms with Gasteiger partial charge in [-0.15, -0.1) is 23.4 Å². The van der Waals surface area contributed by atoms with Crippen molar-refractivity contribution in [2.24, 2.45) is 0 Å². The van der Waals surface area contributed by atoms with Gasteiger partial charge in [-0.2, -0.15) is 0 Å². The fraction of sp³-hybridized carbons (Fsp3) is 0.0455. The van der Waals surface area contributed by atoms with Crippen LogP contribution in [0.4, 0.5) is 18.9 Å². The van der Waals surface area contributed by atoms with Crippen molar-refractivity contribution in [3.8, 4) is 17.4 Å². The minimum Gasteiger partial charge on any atom is -0.436 e. The lowest BCUT2D eigenvalue weighted by atomic mass is 10.3. The summed E-state index contributed by atoms with van der Waals surface area (Å²) >= 11 is 0. The van der Waals surface area contributed by atoms with Crippen molar-refractivity contribution >= 4 is 32.4 Å². The minimum atomic E-state index is -5.04. The molecule has 178 valence electrons. The third-order valence-corrected chi connectivity index (χ3v) is 6.21. The second kappa shape index (κ2) is 8.43. The predicted octanol–water partition coefficient (Wildman–Crippen LogP) is 4.77. The Kier molecular flexibility index (Phi) is 5.40. The third kappa shape index (κ3) is 4.66. The quantitative estimate of drug-likeness (QED) is 0.357. The maximum Gasteiger partial charge on any atom is 0.573 e. The van der Waals surface area contributed by atoms with Crippen LogP contribution in [0.1, 0.15) is 0 Å². The summed E-state index contributed by atoms with van der Waals surface area (Å²) in [7, 11) is -4.38. The smallest absolute Gasteiger partial charge is 0.436 e. The van der Waals surface area contributed by atoms with Gasteiger partial charge in [0.25, 0.3) is 15.9 Å². The molecule has 0 aliphatic carbocycles. The number of para-hydroxylation sites is 3. The van der Waals surface area contributed by atoms with E-state index in [0.29, 0.717) is 16.9 Å². The van der Waals surface area contributed by atoms with Crippen LogP contribution >= 0.6 is 0 Å².